The van der Waals surface area contributed by atoms with Crippen LogP contribution in [0.25, 0.3) is 228 Å². The Hall–Kier alpha value is -17.9. The summed E-state index contributed by atoms with van der Waals surface area (Å²) in [5, 5.41) is 8.21. The van der Waals surface area contributed by atoms with Gasteiger partial charge in [0.25, 0.3) is 0 Å². The van der Waals surface area contributed by atoms with Gasteiger partial charge in [-0.25, -0.2) is 44.9 Å². The molecule has 0 bridgehead atoms. The van der Waals surface area contributed by atoms with E-state index < -0.39 is 0 Å². The Morgan fingerprint density at radius 1 is 0.182 bits per heavy atom. The van der Waals surface area contributed by atoms with Gasteiger partial charge in [-0.15, -0.1) is 11.3 Å². The van der Waals surface area contributed by atoms with Gasteiger partial charge in [0.1, 0.15) is 16.4 Å². The number of para-hydroxylation sites is 3. The summed E-state index contributed by atoms with van der Waals surface area (Å²) < 4.78 is 8.19. The third-order valence-corrected chi connectivity index (χ3v) is 24.8. The summed E-state index contributed by atoms with van der Waals surface area (Å²) in [4.78, 5) is 57.9. The number of thiazole rings is 1. The van der Waals surface area contributed by atoms with Gasteiger partial charge in [-0.05, 0) is 145 Å². The molecular formula is C116H75N15S. The number of hydrogen-bond acceptors (Lipinski definition) is 13. The smallest absolute Gasteiger partial charge is 0.179 e. The minimum atomic E-state index is 0.564. The molecule has 11 aromatic heterocycles. The Labute approximate surface area is 763 Å². The first-order chi connectivity index (χ1) is 65.4. The molecule has 15 nitrogen and oxygen atoms in total. The summed E-state index contributed by atoms with van der Waals surface area (Å²) >= 11 is 1.74. The van der Waals surface area contributed by atoms with Crippen LogP contribution in [-0.4, -0.2) is 73.5 Å². The van der Waals surface area contributed by atoms with Gasteiger partial charge in [0.15, 0.2) is 29.1 Å². The monoisotopic (exact) mass is 1710 g/mol. The van der Waals surface area contributed by atoms with Crippen molar-refractivity contribution in [2.24, 2.45) is 0 Å². The van der Waals surface area contributed by atoms with E-state index in [1.165, 1.54) is 38.1 Å². The highest BCUT2D eigenvalue weighted by atomic mass is 32.1. The second-order valence-corrected chi connectivity index (χ2v) is 32.9. The zero-order valence-corrected chi connectivity index (χ0v) is 71.7. The van der Waals surface area contributed by atoms with Crippen LogP contribution in [0, 0.1) is 0 Å². The summed E-state index contributed by atoms with van der Waals surface area (Å²) in [6.07, 6.45) is 7.10. The van der Waals surface area contributed by atoms with Crippen LogP contribution in [-0.2, 0) is 0 Å². The van der Waals surface area contributed by atoms with Crippen LogP contribution in [0.15, 0.2) is 455 Å². The van der Waals surface area contributed by atoms with Gasteiger partial charge in [-0.3, -0.25) is 15.0 Å². The van der Waals surface area contributed by atoms with E-state index in [1.807, 2.05) is 146 Å². The molecule has 0 amide bonds. The van der Waals surface area contributed by atoms with Crippen molar-refractivity contribution in [3.05, 3.63) is 455 Å². The molecule has 0 atom stereocenters. The molecule has 0 saturated heterocycles. The molecule has 620 valence electrons. The van der Waals surface area contributed by atoms with Crippen molar-refractivity contribution in [1.29, 1.82) is 0 Å². The van der Waals surface area contributed by atoms with E-state index >= 15 is 0 Å². The average molecular weight is 1710 g/mol. The Morgan fingerprint density at radius 3 is 1.20 bits per heavy atom. The molecule has 0 spiro atoms. The lowest BCUT2D eigenvalue weighted by atomic mass is 10.0. The zero-order chi connectivity index (χ0) is 87.6. The second kappa shape index (κ2) is 34.8. The molecule has 14 aromatic carbocycles. The summed E-state index contributed by atoms with van der Waals surface area (Å²) in [5.74, 6) is 3.08. The molecule has 0 unspecified atom stereocenters. The number of pyridine rings is 4. The first-order valence-electron chi connectivity index (χ1n) is 43.6. The van der Waals surface area contributed by atoms with Crippen LogP contribution in [0.3, 0.4) is 0 Å². The van der Waals surface area contributed by atoms with Crippen molar-refractivity contribution < 1.29 is 0 Å². The fourth-order valence-electron chi connectivity index (χ4n) is 17.6. The van der Waals surface area contributed by atoms with Crippen LogP contribution >= 0.6 is 11.3 Å². The summed E-state index contributed by atoms with van der Waals surface area (Å²) in [6.45, 7) is 0. The minimum Gasteiger partial charge on any atom is -0.309 e. The lowest BCUT2D eigenvalue weighted by Crippen LogP contribution is -2.01. The average Bonchev–Trinajstić information content (AvgIpc) is 1.57. The predicted octanol–water partition coefficient (Wildman–Crippen LogP) is 28.3. The molecule has 0 aliphatic rings. The molecule has 132 heavy (non-hydrogen) atoms. The predicted molar refractivity (Wildman–Crippen MR) is 536 cm³/mol. The Kier molecular flexibility index (Phi) is 20.8. The molecule has 0 fully saturated rings. The number of aromatic nitrogens is 15. The second-order valence-electron chi connectivity index (χ2n) is 31.9. The Morgan fingerprint density at radius 2 is 0.614 bits per heavy atom. The van der Waals surface area contributed by atoms with Crippen LogP contribution in [0.2, 0.25) is 0 Å². The van der Waals surface area contributed by atoms with Gasteiger partial charge in [0.05, 0.1) is 77.5 Å². The van der Waals surface area contributed by atoms with Gasteiger partial charge < -0.3 is 13.7 Å². The first kappa shape index (κ1) is 78.8. The summed E-state index contributed by atoms with van der Waals surface area (Å²) in [6, 6.07) is 148. The third-order valence-electron chi connectivity index (χ3n) is 23.7. The maximum Gasteiger partial charge on any atom is 0.179 e. The summed E-state index contributed by atoms with van der Waals surface area (Å²) in [7, 11) is 0. The number of rotatable bonds is 15. The summed E-state index contributed by atoms with van der Waals surface area (Å²) in [5.41, 5.74) is 28.0. The number of benzene rings is 14. The highest BCUT2D eigenvalue weighted by molar-refractivity contribution is 7.22. The largest absolute Gasteiger partial charge is 0.309 e. The van der Waals surface area contributed by atoms with Gasteiger partial charge in [-0.1, -0.05) is 297 Å². The van der Waals surface area contributed by atoms with Crippen LogP contribution < -0.4 is 0 Å². The number of fused-ring (bicyclic) bond motifs is 11. The fourth-order valence-corrected chi connectivity index (χ4v) is 18.7. The highest BCUT2D eigenvalue weighted by Gasteiger charge is 2.25. The molecule has 11 heterocycles. The van der Waals surface area contributed by atoms with Crippen molar-refractivity contribution in [2.45, 2.75) is 0 Å². The minimum absolute atomic E-state index is 0.564. The standard InChI is InChI=1S/C40H25N5S.2C38H25N5/c1-4-13-26(14-5-1)37-42-38(27-15-6-2-7-16-27)44-39(43-37)29-19-12-20-30(25-29)45-34-22-11-10-21-31(34)32-23-24-33-36(35(32)45)46-40(41-33)28-17-8-3-9-18-28;1-3-12-26(13-4-1)34-25-31-30-18-7-8-20-35(30)43(37(31)36(41-34)27-14-5-2-6-15-27)29-17-11-16-28(24-29)32-21-23-40-38(42-32)33-19-9-10-22-39-33;1-2-11-26(12-3-1)27-19-20-37-31(24-27)30-15-4-5-18-36(30)43(37)29-14-10-13-28(23-29)34-25-35(32-16-6-8-21-39-32)42-38(41-34)33-17-7-9-22-40-33/h1-25H;2*1-25H. The van der Waals surface area contributed by atoms with Gasteiger partial charge in [-0.2, -0.15) is 0 Å². The van der Waals surface area contributed by atoms with Crippen LogP contribution in [0.5, 0.6) is 0 Å². The zero-order valence-electron chi connectivity index (χ0n) is 70.9. The van der Waals surface area contributed by atoms with Crippen LogP contribution in [0.4, 0.5) is 0 Å². The molecule has 25 rings (SSSR count). The van der Waals surface area contributed by atoms with Crippen LogP contribution in [0.1, 0.15) is 0 Å². The van der Waals surface area contributed by atoms with Crippen molar-refractivity contribution in [2.75, 3.05) is 0 Å². The molecule has 0 aliphatic heterocycles. The van der Waals surface area contributed by atoms with Gasteiger partial charge >= 0.3 is 0 Å². The van der Waals surface area contributed by atoms with E-state index in [2.05, 4.69) is 319 Å². The molecule has 0 N–H and O–H groups in total. The van der Waals surface area contributed by atoms with Crippen molar-refractivity contribution in [3.63, 3.8) is 0 Å². The van der Waals surface area contributed by atoms with E-state index in [0.717, 1.165) is 155 Å². The van der Waals surface area contributed by atoms with Crippen molar-refractivity contribution in [3.8, 4) is 152 Å². The molecule has 0 radical (unpaired) electrons. The number of nitrogens with zero attached hydrogens (tertiary/aromatic N) is 15. The topological polar surface area (TPSA) is 169 Å². The van der Waals surface area contributed by atoms with E-state index in [9.17, 15) is 0 Å². The first-order valence-corrected chi connectivity index (χ1v) is 44.4. The lowest BCUT2D eigenvalue weighted by molar-refractivity contribution is 1.07. The number of hydrogen-bond donors (Lipinski definition) is 0. The third kappa shape index (κ3) is 15.3. The van der Waals surface area contributed by atoms with E-state index in [0.29, 0.717) is 34.8 Å². The molecular weight excluding hydrogens is 1640 g/mol. The Bertz CT molecular complexity index is 8440. The molecule has 16 heteroatoms. The lowest BCUT2D eigenvalue weighted by Gasteiger charge is -2.14. The van der Waals surface area contributed by atoms with Crippen molar-refractivity contribution >= 4 is 87.0 Å². The normalized spacial score (nSPS) is 11.3. The van der Waals surface area contributed by atoms with Crippen molar-refractivity contribution in [1.82, 2.24) is 73.5 Å². The van der Waals surface area contributed by atoms with Gasteiger partial charge in [0.2, 0.25) is 0 Å². The maximum absolute atomic E-state index is 5.30. The highest BCUT2D eigenvalue weighted by Crippen LogP contribution is 2.45. The molecule has 0 saturated carbocycles. The fraction of sp³-hybridized carbons (Fsp3) is 0. The molecule has 0 aliphatic carbocycles. The Balaban J connectivity index is 0.000000112. The SMILES string of the molecule is c1ccc(-c2cc3c4ccccc4n(-c4cccc(-c5ccnc(-c6ccccn6)n5)c4)c3c(-c3ccccc3)n2)cc1.c1ccc(-c2ccc3c(c2)c2ccccc2n3-c2cccc(-c3cc(-c4ccccn4)nc(-c4ccccn4)n3)c2)cc1.c1ccc(-c2nc(-c3ccccc3)nc(-c3cccc(-n4c5ccccc5c5ccc6nc(-c7ccccc7)sc6c54)c3)n2)cc1. The van der Waals surface area contributed by atoms with Gasteiger partial charge in [0, 0.05) is 119 Å². The van der Waals surface area contributed by atoms with E-state index in [-0.39, 0.29) is 0 Å². The van der Waals surface area contributed by atoms with E-state index in [1.54, 1.807) is 36.1 Å². The maximum atomic E-state index is 5.30. The van der Waals surface area contributed by atoms with E-state index in [4.69, 9.17) is 39.9 Å². The molecule has 25 aromatic rings. The quantitative estimate of drug-likeness (QED) is 0.0953.